The molecule has 0 radical (unpaired) electrons. The summed E-state index contributed by atoms with van der Waals surface area (Å²) in [6.45, 7) is 8.85. The highest BCUT2D eigenvalue weighted by molar-refractivity contribution is 7.09. The maximum atomic E-state index is 4.55. The van der Waals surface area contributed by atoms with E-state index in [0.29, 0.717) is 0 Å². The zero-order valence-corrected chi connectivity index (χ0v) is 13.7. The van der Waals surface area contributed by atoms with E-state index in [1.54, 1.807) is 11.3 Å². The van der Waals surface area contributed by atoms with Crippen LogP contribution in [0, 0.1) is 13.8 Å². The van der Waals surface area contributed by atoms with Gasteiger partial charge in [0.2, 0.25) is 0 Å². The maximum Gasteiger partial charge on any atom is 0.131 e. The Labute approximate surface area is 124 Å². The third kappa shape index (κ3) is 3.19. The average Bonchev–Trinajstić information content (AvgIpc) is 2.90. The molecule has 1 N–H and O–H groups in total. The van der Waals surface area contributed by atoms with Crippen molar-refractivity contribution in [1.29, 1.82) is 0 Å². The summed E-state index contributed by atoms with van der Waals surface area (Å²) in [5.74, 6) is 1.16. The second-order valence-electron chi connectivity index (χ2n) is 5.01. The summed E-state index contributed by atoms with van der Waals surface area (Å²) >= 11 is 1.70. The Bertz CT molecular complexity index is 572. The van der Waals surface area contributed by atoms with E-state index < -0.39 is 0 Å². The van der Waals surface area contributed by atoms with Gasteiger partial charge in [0.15, 0.2) is 0 Å². The largest absolute Gasteiger partial charge is 0.354 e. The van der Waals surface area contributed by atoms with Crippen molar-refractivity contribution in [2.45, 2.75) is 33.9 Å². The smallest absolute Gasteiger partial charge is 0.131 e. The van der Waals surface area contributed by atoms with Gasteiger partial charge in [0.1, 0.15) is 5.82 Å². The normalized spacial score (nSPS) is 11.1. The molecular formula is C14H23N5S. The lowest BCUT2D eigenvalue weighted by molar-refractivity contribution is 0.707. The first-order chi connectivity index (χ1) is 9.52. The molecule has 2 rings (SSSR count). The Balaban J connectivity index is 2.21. The highest BCUT2D eigenvalue weighted by atomic mass is 32.1. The molecule has 0 aliphatic carbocycles. The first-order valence-corrected chi connectivity index (χ1v) is 7.76. The predicted molar refractivity (Wildman–Crippen MR) is 84.3 cm³/mol. The number of aryl methyl sites for hydroxylation is 3. The van der Waals surface area contributed by atoms with Crippen LogP contribution in [-0.4, -0.2) is 28.4 Å². The summed E-state index contributed by atoms with van der Waals surface area (Å²) in [4.78, 5) is 6.76. The lowest BCUT2D eigenvalue weighted by atomic mass is 10.2. The summed E-state index contributed by atoms with van der Waals surface area (Å²) < 4.78 is 1.96. The monoisotopic (exact) mass is 293 g/mol. The molecule has 0 atom stereocenters. The summed E-state index contributed by atoms with van der Waals surface area (Å²) in [6, 6.07) is 0. The zero-order chi connectivity index (χ0) is 14.7. The van der Waals surface area contributed by atoms with E-state index in [9.17, 15) is 0 Å². The van der Waals surface area contributed by atoms with Gasteiger partial charge in [-0.15, -0.1) is 11.3 Å². The van der Waals surface area contributed by atoms with Gasteiger partial charge in [-0.3, -0.25) is 4.68 Å². The minimum Gasteiger partial charge on any atom is -0.354 e. The van der Waals surface area contributed by atoms with Gasteiger partial charge in [0.25, 0.3) is 0 Å². The molecule has 0 aliphatic rings. The quantitative estimate of drug-likeness (QED) is 0.887. The van der Waals surface area contributed by atoms with Crippen LogP contribution < -0.4 is 10.2 Å². The fourth-order valence-corrected chi connectivity index (χ4v) is 3.03. The third-order valence-corrected chi connectivity index (χ3v) is 4.11. The molecule has 0 saturated heterocycles. The second kappa shape index (κ2) is 6.37. The highest BCUT2D eigenvalue weighted by Crippen LogP contribution is 2.24. The number of aromatic nitrogens is 3. The molecular weight excluding hydrogens is 270 g/mol. The molecule has 0 aliphatic heterocycles. The van der Waals surface area contributed by atoms with Gasteiger partial charge in [-0.1, -0.05) is 6.92 Å². The molecule has 20 heavy (non-hydrogen) atoms. The highest BCUT2D eigenvalue weighted by Gasteiger charge is 2.17. The van der Waals surface area contributed by atoms with Crippen molar-refractivity contribution in [2.75, 3.05) is 18.5 Å². The van der Waals surface area contributed by atoms with E-state index in [1.165, 1.54) is 5.56 Å². The SMILES string of the molecule is CCNCc1c(C)nn(C)c1N(C)Cc1csc(C)n1. The molecule has 0 fully saturated rings. The number of rotatable bonds is 6. The molecule has 2 heterocycles. The first-order valence-electron chi connectivity index (χ1n) is 6.88. The van der Waals surface area contributed by atoms with E-state index in [2.05, 4.69) is 46.6 Å². The number of nitrogens with one attached hydrogen (secondary N) is 1. The van der Waals surface area contributed by atoms with E-state index in [4.69, 9.17) is 0 Å². The fourth-order valence-electron chi connectivity index (χ4n) is 2.42. The summed E-state index contributed by atoms with van der Waals surface area (Å²) in [6.07, 6.45) is 0. The van der Waals surface area contributed by atoms with Crippen LogP contribution >= 0.6 is 11.3 Å². The fraction of sp³-hybridized carbons (Fsp3) is 0.571. The Kier molecular flexibility index (Phi) is 4.77. The number of anilines is 1. The Hall–Kier alpha value is -1.40. The minimum absolute atomic E-state index is 0.808. The molecule has 0 saturated carbocycles. The van der Waals surface area contributed by atoms with Gasteiger partial charge >= 0.3 is 0 Å². The van der Waals surface area contributed by atoms with Crippen LogP contribution in [0.2, 0.25) is 0 Å². The van der Waals surface area contributed by atoms with Crippen molar-refractivity contribution in [2.24, 2.45) is 7.05 Å². The van der Waals surface area contributed by atoms with Crippen molar-refractivity contribution < 1.29 is 0 Å². The van der Waals surface area contributed by atoms with Crippen LogP contribution in [0.15, 0.2) is 5.38 Å². The van der Waals surface area contributed by atoms with E-state index in [-0.39, 0.29) is 0 Å². The third-order valence-electron chi connectivity index (χ3n) is 3.29. The van der Waals surface area contributed by atoms with Gasteiger partial charge in [-0.25, -0.2) is 4.98 Å². The van der Waals surface area contributed by atoms with Crippen molar-refractivity contribution in [3.8, 4) is 0 Å². The topological polar surface area (TPSA) is 46.0 Å². The maximum absolute atomic E-state index is 4.55. The minimum atomic E-state index is 0.808. The van der Waals surface area contributed by atoms with Crippen LogP contribution in [0.3, 0.4) is 0 Å². The molecule has 0 amide bonds. The van der Waals surface area contributed by atoms with Gasteiger partial charge in [0.05, 0.1) is 22.9 Å². The molecule has 2 aromatic rings. The number of hydrogen-bond acceptors (Lipinski definition) is 5. The predicted octanol–water partition coefficient (Wildman–Crippen LogP) is 2.24. The van der Waals surface area contributed by atoms with Crippen molar-refractivity contribution in [1.82, 2.24) is 20.1 Å². The molecule has 0 spiro atoms. The molecule has 5 nitrogen and oxygen atoms in total. The first kappa shape index (κ1) is 15.0. The lowest BCUT2D eigenvalue weighted by Gasteiger charge is -2.20. The summed E-state index contributed by atoms with van der Waals surface area (Å²) in [5, 5.41) is 11.2. The van der Waals surface area contributed by atoms with Crippen molar-refractivity contribution in [3.63, 3.8) is 0 Å². The standard InChI is InChI=1S/C14H23N5S/c1-6-15-7-13-10(2)17-19(5)14(13)18(4)8-12-9-20-11(3)16-12/h9,15H,6-8H2,1-5H3. The average molecular weight is 293 g/mol. The molecule has 2 aromatic heterocycles. The number of thiazole rings is 1. The van der Waals surface area contributed by atoms with Crippen molar-refractivity contribution in [3.05, 3.63) is 27.3 Å². The Morgan fingerprint density at radius 2 is 2.15 bits per heavy atom. The van der Waals surface area contributed by atoms with Gasteiger partial charge in [-0.05, 0) is 20.4 Å². The van der Waals surface area contributed by atoms with Crippen LogP contribution in [0.1, 0.15) is 28.9 Å². The zero-order valence-electron chi connectivity index (χ0n) is 12.9. The molecule has 110 valence electrons. The molecule has 0 unspecified atom stereocenters. The van der Waals surface area contributed by atoms with Gasteiger partial charge in [0, 0.05) is 31.6 Å². The van der Waals surface area contributed by atoms with E-state index >= 15 is 0 Å². The second-order valence-corrected chi connectivity index (χ2v) is 6.07. The lowest BCUT2D eigenvalue weighted by Crippen LogP contribution is -2.22. The summed E-state index contributed by atoms with van der Waals surface area (Å²) in [7, 11) is 4.10. The van der Waals surface area contributed by atoms with Crippen LogP contribution in [-0.2, 0) is 20.1 Å². The number of nitrogens with zero attached hydrogens (tertiary/aromatic N) is 4. The van der Waals surface area contributed by atoms with Gasteiger partial charge in [-0.2, -0.15) is 5.10 Å². The number of hydrogen-bond donors (Lipinski definition) is 1. The molecule has 0 bridgehead atoms. The Morgan fingerprint density at radius 3 is 2.75 bits per heavy atom. The molecule has 0 aromatic carbocycles. The summed E-state index contributed by atoms with van der Waals surface area (Å²) in [5.41, 5.74) is 3.47. The van der Waals surface area contributed by atoms with Crippen LogP contribution in [0.25, 0.3) is 0 Å². The Morgan fingerprint density at radius 1 is 1.40 bits per heavy atom. The van der Waals surface area contributed by atoms with Gasteiger partial charge < -0.3 is 10.2 Å². The van der Waals surface area contributed by atoms with E-state index in [1.807, 2.05) is 18.7 Å². The van der Waals surface area contributed by atoms with E-state index in [0.717, 1.165) is 41.8 Å². The van der Waals surface area contributed by atoms with Crippen molar-refractivity contribution >= 4 is 17.2 Å². The van der Waals surface area contributed by atoms with Crippen LogP contribution in [0.4, 0.5) is 5.82 Å². The molecule has 6 heteroatoms. The van der Waals surface area contributed by atoms with Crippen LogP contribution in [0.5, 0.6) is 0 Å².